The second-order valence-electron chi connectivity index (χ2n) is 7.18. The van der Waals surface area contributed by atoms with Crippen molar-refractivity contribution in [3.63, 3.8) is 0 Å². The molecule has 1 atom stereocenters. The summed E-state index contributed by atoms with van der Waals surface area (Å²) in [6.07, 6.45) is 3.20. The molecule has 0 aliphatic heterocycles. The number of hydrogen-bond donors (Lipinski definition) is 2. The smallest absolute Gasteiger partial charge is 0.355 e. The number of carbonyl (C=O) groups excluding carboxylic acids is 3. The van der Waals surface area contributed by atoms with Crippen LogP contribution in [0.25, 0.3) is 6.08 Å². The van der Waals surface area contributed by atoms with Crippen LogP contribution in [0, 0.1) is 0 Å². The summed E-state index contributed by atoms with van der Waals surface area (Å²) in [4.78, 5) is 36.1. The summed E-state index contributed by atoms with van der Waals surface area (Å²) in [5.74, 6) is -1.68. The highest BCUT2D eigenvalue weighted by Gasteiger charge is 2.18. The molecular weight excluding hydrogens is 451 g/mol. The zero-order valence-corrected chi connectivity index (χ0v) is 19.5. The maximum absolute atomic E-state index is 12.4. The first-order chi connectivity index (χ1) is 15.3. The summed E-state index contributed by atoms with van der Waals surface area (Å²) in [7, 11) is 0. The van der Waals surface area contributed by atoms with Crippen LogP contribution in [0.4, 0.5) is 0 Å². The Balaban J connectivity index is 1.96. The van der Waals surface area contributed by atoms with Gasteiger partial charge in [-0.1, -0.05) is 72.9 Å². The number of halogens is 2. The van der Waals surface area contributed by atoms with Gasteiger partial charge in [0.05, 0.1) is 0 Å². The van der Waals surface area contributed by atoms with E-state index < -0.39 is 24.4 Å². The molecule has 0 aromatic heterocycles. The summed E-state index contributed by atoms with van der Waals surface area (Å²) in [6, 6.07) is 14.3. The molecule has 8 heteroatoms. The van der Waals surface area contributed by atoms with Gasteiger partial charge < -0.3 is 15.4 Å². The molecule has 2 amide bonds. The number of rotatable bonds is 10. The van der Waals surface area contributed by atoms with E-state index in [4.69, 9.17) is 27.9 Å². The molecule has 2 N–H and O–H groups in total. The van der Waals surface area contributed by atoms with Crippen LogP contribution in [0.3, 0.4) is 0 Å². The SMILES string of the molecule is CCCC(CNC(=O)COC(=O)/C(=C/c1ccccc1)NC(C)=O)c1ccc(Cl)cc1Cl. The molecule has 0 fully saturated rings. The van der Waals surface area contributed by atoms with Crippen molar-refractivity contribution >= 4 is 47.1 Å². The molecule has 0 aliphatic rings. The Kier molecular flexibility index (Phi) is 10.2. The van der Waals surface area contributed by atoms with Gasteiger partial charge in [-0.25, -0.2) is 4.79 Å². The quantitative estimate of drug-likeness (QED) is 0.383. The predicted molar refractivity (Wildman–Crippen MR) is 126 cm³/mol. The van der Waals surface area contributed by atoms with Crippen LogP contribution in [0.5, 0.6) is 0 Å². The van der Waals surface area contributed by atoms with Crippen LogP contribution in [0.15, 0.2) is 54.2 Å². The fraction of sp³-hybridized carbons (Fsp3) is 0.292. The summed E-state index contributed by atoms with van der Waals surface area (Å²) in [5, 5.41) is 6.31. The second kappa shape index (κ2) is 12.9. The molecule has 6 nitrogen and oxygen atoms in total. The highest BCUT2D eigenvalue weighted by atomic mass is 35.5. The molecule has 2 rings (SSSR count). The molecule has 170 valence electrons. The van der Waals surface area contributed by atoms with E-state index in [0.717, 1.165) is 18.4 Å². The number of benzene rings is 2. The van der Waals surface area contributed by atoms with Gasteiger partial charge in [-0.2, -0.15) is 0 Å². The average Bonchev–Trinajstić information content (AvgIpc) is 2.75. The van der Waals surface area contributed by atoms with Gasteiger partial charge >= 0.3 is 5.97 Å². The number of amides is 2. The molecule has 0 saturated heterocycles. The summed E-state index contributed by atoms with van der Waals surface area (Å²) < 4.78 is 5.10. The van der Waals surface area contributed by atoms with Crippen molar-refractivity contribution in [2.45, 2.75) is 32.6 Å². The van der Waals surface area contributed by atoms with E-state index in [9.17, 15) is 14.4 Å². The van der Waals surface area contributed by atoms with Crippen LogP contribution < -0.4 is 10.6 Å². The van der Waals surface area contributed by atoms with Gasteiger partial charge in [-0.3, -0.25) is 9.59 Å². The van der Waals surface area contributed by atoms with Gasteiger partial charge in [0.15, 0.2) is 6.61 Å². The zero-order valence-electron chi connectivity index (χ0n) is 18.0. The van der Waals surface area contributed by atoms with E-state index >= 15 is 0 Å². The maximum atomic E-state index is 12.4. The van der Waals surface area contributed by atoms with Crippen molar-refractivity contribution in [3.8, 4) is 0 Å². The highest BCUT2D eigenvalue weighted by molar-refractivity contribution is 6.35. The van der Waals surface area contributed by atoms with Crippen LogP contribution in [0.1, 0.15) is 43.7 Å². The minimum absolute atomic E-state index is 0.00247. The van der Waals surface area contributed by atoms with Crippen LogP contribution >= 0.6 is 23.2 Å². The molecule has 0 heterocycles. The predicted octanol–water partition coefficient (Wildman–Crippen LogP) is 4.71. The molecule has 0 bridgehead atoms. The van der Waals surface area contributed by atoms with Gasteiger partial charge in [0.2, 0.25) is 5.91 Å². The molecular formula is C24H26Cl2N2O4. The molecule has 1 unspecified atom stereocenters. The fourth-order valence-electron chi connectivity index (χ4n) is 3.10. The molecule has 0 saturated carbocycles. The second-order valence-corrected chi connectivity index (χ2v) is 8.03. The largest absolute Gasteiger partial charge is 0.451 e. The minimum atomic E-state index is -0.801. The summed E-state index contributed by atoms with van der Waals surface area (Å²) in [6.45, 7) is 3.19. The average molecular weight is 477 g/mol. The monoisotopic (exact) mass is 476 g/mol. The van der Waals surface area contributed by atoms with Crippen LogP contribution in [-0.2, 0) is 19.1 Å². The van der Waals surface area contributed by atoms with Crippen molar-refractivity contribution in [1.29, 1.82) is 0 Å². The molecule has 0 spiro atoms. The van der Waals surface area contributed by atoms with Crippen LogP contribution in [0.2, 0.25) is 10.0 Å². The first-order valence-corrected chi connectivity index (χ1v) is 11.0. The van der Waals surface area contributed by atoms with Crippen molar-refractivity contribution in [2.24, 2.45) is 0 Å². The molecule has 0 radical (unpaired) electrons. The Labute approximate surface area is 197 Å². The molecule has 0 aliphatic carbocycles. The third kappa shape index (κ3) is 8.36. The van der Waals surface area contributed by atoms with E-state index in [-0.39, 0.29) is 11.6 Å². The molecule has 32 heavy (non-hydrogen) atoms. The summed E-state index contributed by atoms with van der Waals surface area (Å²) >= 11 is 12.3. The van der Waals surface area contributed by atoms with Gasteiger partial charge in [-0.15, -0.1) is 0 Å². The van der Waals surface area contributed by atoms with E-state index in [0.29, 0.717) is 22.2 Å². The van der Waals surface area contributed by atoms with Gasteiger partial charge in [0.1, 0.15) is 5.70 Å². The number of nitrogens with one attached hydrogen (secondary N) is 2. The first kappa shape index (κ1) is 25.4. The Morgan fingerprint density at radius 1 is 1.09 bits per heavy atom. The summed E-state index contributed by atoms with van der Waals surface area (Å²) in [5.41, 5.74) is 1.56. The van der Waals surface area contributed by atoms with E-state index in [2.05, 4.69) is 10.6 Å². The number of hydrogen-bond acceptors (Lipinski definition) is 4. The van der Waals surface area contributed by atoms with E-state index in [1.165, 1.54) is 13.0 Å². The lowest BCUT2D eigenvalue weighted by Gasteiger charge is -2.19. The van der Waals surface area contributed by atoms with E-state index in [1.54, 1.807) is 36.4 Å². The number of esters is 1. The molecule has 2 aromatic carbocycles. The first-order valence-electron chi connectivity index (χ1n) is 10.2. The Bertz CT molecular complexity index is 977. The third-order valence-corrected chi connectivity index (χ3v) is 5.12. The number of ether oxygens (including phenoxy) is 1. The normalized spacial score (nSPS) is 12.1. The Hall–Kier alpha value is -2.83. The third-order valence-electron chi connectivity index (χ3n) is 4.56. The van der Waals surface area contributed by atoms with Crippen molar-refractivity contribution < 1.29 is 19.1 Å². The standard InChI is InChI=1S/C24H26Cl2N2O4/c1-3-7-18(20-11-10-19(25)13-21(20)26)14-27-23(30)15-32-24(31)22(28-16(2)29)12-17-8-5-4-6-9-17/h4-6,8-13,18H,3,7,14-15H2,1-2H3,(H,27,30)(H,28,29)/b22-12-. The van der Waals surface area contributed by atoms with Gasteiger partial charge in [0, 0.05) is 29.4 Å². The Morgan fingerprint density at radius 3 is 2.44 bits per heavy atom. The lowest BCUT2D eigenvalue weighted by molar-refractivity contribution is -0.145. The van der Waals surface area contributed by atoms with Crippen molar-refractivity contribution in [1.82, 2.24) is 10.6 Å². The lowest BCUT2D eigenvalue weighted by atomic mass is 9.94. The van der Waals surface area contributed by atoms with E-state index in [1.807, 2.05) is 19.1 Å². The fourth-order valence-corrected chi connectivity index (χ4v) is 3.66. The Morgan fingerprint density at radius 2 is 1.81 bits per heavy atom. The highest BCUT2D eigenvalue weighted by Crippen LogP contribution is 2.30. The maximum Gasteiger partial charge on any atom is 0.355 e. The zero-order chi connectivity index (χ0) is 23.5. The molecule has 2 aromatic rings. The van der Waals surface area contributed by atoms with Crippen LogP contribution in [-0.4, -0.2) is 30.9 Å². The minimum Gasteiger partial charge on any atom is -0.451 e. The lowest BCUT2D eigenvalue weighted by Crippen LogP contribution is -2.34. The van der Waals surface area contributed by atoms with Crippen molar-refractivity contribution in [3.05, 3.63) is 75.4 Å². The topological polar surface area (TPSA) is 84.5 Å². The van der Waals surface area contributed by atoms with Gasteiger partial charge in [0.25, 0.3) is 5.91 Å². The van der Waals surface area contributed by atoms with Crippen molar-refractivity contribution in [2.75, 3.05) is 13.2 Å². The van der Waals surface area contributed by atoms with Gasteiger partial charge in [-0.05, 0) is 35.8 Å². The number of carbonyl (C=O) groups is 3.